The van der Waals surface area contributed by atoms with Crippen molar-refractivity contribution in [3.8, 4) is 0 Å². The predicted octanol–water partition coefficient (Wildman–Crippen LogP) is 1.31. The zero-order chi connectivity index (χ0) is 14.6. The summed E-state index contributed by atoms with van der Waals surface area (Å²) in [6.07, 6.45) is 1.56. The van der Waals surface area contributed by atoms with E-state index in [2.05, 4.69) is 5.32 Å². The highest BCUT2D eigenvalue weighted by Gasteiger charge is 2.29. The molecule has 2 rings (SSSR count). The van der Waals surface area contributed by atoms with Crippen molar-refractivity contribution in [2.24, 2.45) is 0 Å². The third-order valence-electron chi connectivity index (χ3n) is 3.27. The van der Waals surface area contributed by atoms with Gasteiger partial charge in [-0.1, -0.05) is 0 Å². The minimum atomic E-state index is -3.37. The van der Waals surface area contributed by atoms with Gasteiger partial charge < -0.3 is 10.1 Å². The molecule has 0 amide bonds. The van der Waals surface area contributed by atoms with E-state index in [-0.39, 0.29) is 6.10 Å². The molecule has 1 aliphatic heterocycles. The lowest BCUT2D eigenvalue weighted by Gasteiger charge is -2.20. The third kappa shape index (κ3) is 3.79. The first-order valence-electron chi connectivity index (χ1n) is 6.89. The Morgan fingerprint density at radius 1 is 1.50 bits per heavy atom. The van der Waals surface area contributed by atoms with Crippen LogP contribution in [-0.2, 0) is 21.2 Å². The molecule has 7 heteroatoms. The molecule has 0 radical (unpaired) electrons. The number of hydrogen-bond acceptors (Lipinski definition) is 5. The maximum absolute atomic E-state index is 12.6. The molecular weight excluding hydrogens is 296 g/mol. The monoisotopic (exact) mass is 318 g/mol. The highest BCUT2D eigenvalue weighted by molar-refractivity contribution is 7.91. The van der Waals surface area contributed by atoms with Gasteiger partial charge in [-0.2, -0.15) is 4.31 Å². The summed E-state index contributed by atoms with van der Waals surface area (Å²) in [5, 5.41) is 3.07. The van der Waals surface area contributed by atoms with E-state index in [0.717, 1.165) is 24.3 Å². The van der Waals surface area contributed by atoms with E-state index in [0.29, 0.717) is 23.9 Å². The zero-order valence-electron chi connectivity index (χ0n) is 12.0. The van der Waals surface area contributed by atoms with Gasteiger partial charge in [0, 0.05) is 24.6 Å². The van der Waals surface area contributed by atoms with Crippen LogP contribution in [0.25, 0.3) is 0 Å². The van der Waals surface area contributed by atoms with Crippen LogP contribution in [-0.4, -0.2) is 52.1 Å². The molecule has 0 bridgehead atoms. The fraction of sp³-hybridized carbons (Fsp3) is 0.692. The van der Waals surface area contributed by atoms with Gasteiger partial charge in [0.05, 0.1) is 6.10 Å². The van der Waals surface area contributed by atoms with Crippen molar-refractivity contribution in [2.75, 3.05) is 33.3 Å². The average molecular weight is 318 g/mol. The molecule has 1 aromatic heterocycles. The number of hydrogen-bond donors (Lipinski definition) is 1. The molecule has 1 aliphatic rings. The molecule has 0 spiro atoms. The van der Waals surface area contributed by atoms with Gasteiger partial charge in [-0.15, -0.1) is 11.3 Å². The molecule has 1 unspecified atom stereocenters. The molecule has 20 heavy (non-hydrogen) atoms. The van der Waals surface area contributed by atoms with E-state index in [1.54, 1.807) is 10.4 Å². The van der Waals surface area contributed by atoms with Crippen LogP contribution in [0.4, 0.5) is 0 Å². The molecule has 1 fully saturated rings. The van der Waals surface area contributed by atoms with E-state index >= 15 is 0 Å². The van der Waals surface area contributed by atoms with Crippen LogP contribution >= 0.6 is 11.3 Å². The number of nitrogens with zero attached hydrogens (tertiary/aromatic N) is 1. The SMILES string of the molecule is CNCCc1ccc(S(=O)(=O)N2CCCOC(C)C2)s1. The minimum Gasteiger partial charge on any atom is -0.377 e. The maximum atomic E-state index is 12.6. The summed E-state index contributed by atoms with van der Waals surface area (Å²) >= 11 is 1.37. The summed E-state index contributed by atoms with van der Waals surface area (Å²) in [4.78, 5) is 1.09. The lowest BCUT2D eigenvalue weighted by molar-refractivity contribution is 0.0752. The van der Waals surface area contributed by atoms with Crippen LogP contribution in [0.2, 0.25) is 0 Å². The van der Waals surface area contributed by atoms with Crippen LogP contribution in [0.15, 0.2) is 16.3 Å². The Kier molecular flexibility index (Phi) is 5.57. The molecule has 0 aromatic carbocycles. The van der Waals surface area contributed by atoms with E-state index in [4.69, 9.17) is 4.74 Å². The van der Waals surface area contributed by atoms with Gasteiger partial charge in [-0.25, -0.2) is 8.42 Å². The topological polar surface area (TPSA) is 58.6 Å². The summed E-state index contributed by atoms with van der Waals surface area (Å²) in [6, 6.07) is 3.63. The first-order valence-corrected chi connectivity index (χ1v) is 9.15. The fourth-order valence-electron chi connectivity index (χ4n) is 2.18. The average Bonchev–Trinajstić information content (AvgIpc) is 2.78. The Bertz CT molecular complexity index is 527. The number of rotatable bonds is 5. The van der Waals surface area contributed by atoms with Crippen molar-refractivity contribution in [3.05, 3.63) is 17.0 Å². The third-order valence-corrected chi connectivity index (χ3v) is 6.75. The van der Waals surface area contributed by atoms with E-state index in [9.17, 15) is 8.42 Å². The molecule has 0 saturated carbocycles. The van der Waals surface area contributed by atoms with Crippen molar-refractivity contribution in [2.45, 2.75) is 30.1 Å². The van der Waals surface area contributed by atoms with Crippen LogP contribution in [0.3, 0.4) is 0 Å². The number of sulfonamides is 1. The minimum absolute atomic E-state index is 0.0454. The number of ether oxygens (including phenoxy) is 1. The summed E-state index contributed by atoms with van der Waals surface area (Å²) in [5.41, 5.74) is 0. The second-order valence-electron chi connectivity index (χ2n) is 4.97. The van der Waals surface area contributed by atoms with E-state index < -0.39 is 10.0 Å². The van der Waals surface area contributed by atoms with Crippen LogP contribution < -0.4 is 5.32 Å². The Morgan fingerprint density at radius 3 is 3.05 bits per heavy atom. The van der Waals surface area contributed by atoms with Gasteiger partial charge in [0.25, 0.3) is 10.0 Å². The van der Waals surface area contributed by atoms with Crippen LogP contribution in [0.5, 0.6) is 0 Å². The van der Waals surface area contributed by atoms with Crippen molar-refractivity contribution < 1.29 is 13.2 Å². The van der Waals surface area contributed by atoms with Gasteiger partial charge in [0.1, 0.15) is 4.21 Å². The van der Waals surface area contributed by atoms with Crippen LogP contribution in [0.1, 0.15) is 18.2 Å². The van der Waals surface area contributed by atoms with Gasteiger partial charge in [-0.05, 0) is 45.5 Å². The summed E-state index contributed by atoms with van der Waals surface area (Å²) in [6.45, 7) is 4.38. The number of likely N-dealkylation sites (N-methyl/N-ethyl adjacent to an activating group) is 1. The molecule has 0 aliphatic carbocycles. The molecule has 1 N–H and O–H groups in total. The molecule has 114 valence electrons. The lowest BCUT2D eigenvalue weighted by atomic mass is 10.3. The second kappa shape index (κ2) is 7.00. The van der Waals surface area contributed by atoms with Gasteiger partial charge in [0.15, 0.2) is 0 Å². The van der Waals surface area contributed by atoms with Gasteiger partial charge >= 0.3 is 0 Å². The normalized spacial score (nSPS) is 21.8. The number of nitrogens with one attached hydrogen (secondary N) is 1. The van der Waals surface area contributed by atoms with E-state index in [1.807, 2.05) is 20.0 Å². The Labute approximate surface area is 125 Å². The maximum Gasteiger partial charge on any atom is 0.252 e. The molecule has 5 nitrogen and oxygen atoms in total. The highest BCUT2D eigenvalue weighted by Crippen LogP contribution is 2.26. The Morgan fingerprint density at radius 2 is 2.30 bits per heavy atom. The Hall–Kier alpha value is -0.470. The quantitative estimate of drug-likeness (QED) is 0.889. The number of thiophene rings is 1. The van der Waals surface area contributed by atoms with Crippen LogP contribution in [0, 0.1) is 0 Å². The van der Waals surface area contributed by atoms with Crippen molar-refractivity contribution in [1.29, 1.82) is 0 Å². The molecular formula is C13H22N2O3S2. The van der Waals surface area contributed by atoms with E-state index in [1.165, 1.54) is 11.3 Å². The molecule has 1 aromatic rings. The lowest BCUT2D eigenvalue weighted by Crippen LogP contribution is -2.35. The molecule has 2 heterocycles. The zero-order valence-corrected chi connectivity index (χ0v) is 13.6. The first-order chi connectivity index (χ1) is 9.54. The summed E-state index contributed by atoms with van der Waals surface area (Å²) < 4.78 is 32.8. The van der Waals surface area contributed by atoms with Crippen molar-refractivity contribution in [1.82, 2.24) is 9.62 Å². The second-order valence-corrected chi connectivity index (χ2v) is 8.31. The summed E-state index contributed by atoms with van der Waals surface area (Å²) in [5.74, 6) is 0. The van der Waals surface area contributed by atoms with Crippen molar-refractivity contribution in [3.63, 3.8) is 0 Å². The first kappa shape index (κ1) is 15.9. The predicted molar refractivity (Wildman–Crippen MR) is 80.7 cm³/mol. The fourth-order valence-corrected chi connectivity index (χ4v) is 5.24. The largest absolute Gasteiger partial charge is 0.377 e. The van der Waals surface area contributed by atoms with Gasteiger partial charge in [-0.3, -0.25) is 0 Å². The molecule has 1 saturated heterocycles. The smallest absolute Gasteiger partial charge is 0.252 e. The van der Waals surface area contributed by atoms with Gasteiger partial charge in [0.2, 0.25) is 0 Å². The Balaban J connectivity index is 2.14. The van der Waals surface area contributed by atoms with Crippen molar-refractivity contribution >= 4 is 21.4 Å². The standard InChI is InChI=1S/C13H22N2O3S2/c1-11-10-15(8-3-9-18-11)20(16,17)13-5-4-12(19-13)6-7-14-2/h4-5,11,14H,3,6-10H2,1-2H3. The highest BCUT2D eigenvalue weighted by atomic mass is 32.2. The molecule has 1 atom stereocenters. The summed E-state index contributed by atoms with van der Waals surface area (Å²) in [7, 11) is -1.48.